The molecule has 2 aliphatic heterocycles. The van der Waals surface area contributed by atoms with Crippen LogP contribution in [0.2, 0.25) is 0 Å². The number of nitrogens with zero attached hydrogens (tertiary/aromatic N) is 1. The maximum Gasteiger partial charge on any atom is 0.290 e. The molecule has 13 heavy (non-hydrogen) atoms. The minimum Gasteiger partial charge on any atom is -1.00 e. The van der Waals surface area contributed by atoms with Gasteiger partial charge in [0.1, 0.15) is 6.10 Å². The summed E-state index contributed by atoms with van der Waals surface area (Å²) in [5.74, 6) is 0. The predicted octanol–water partition coefficient (Wildman–Crippen LogP) is -3.91. The van der Waals surface area contributed by atoms with Crippen LogP contribution in [-0.4, -0.2) is 51.6 Å². The lowest BCUT2D eigenvalue weighted by Crippen LogP contribution is -3.00. The molecule has 0 amide bonds. The van der Waals surface area contributed by atoms with Crippen molar-refractivity contribution in [1.29, 1.82) is 0 Å². The number of hydrogen-bond donors (Lipinski definition) is 3. The highest BCUT2D eigenvalue weighted by Crippen LogP contribution is 2.31. The summed E-state index contributed by atoms with van der Waals surface area (Å²) in [7, 11) is 0. The molecule has 0 saturated carbocycles. The van der Waals surface area contributed by atoms with E-state index in [1.807, 2.05) is 4.90 Å². The summed E-state index contributed by atoms with van der Waals surface area (Å²) in [5, 5.41) is 28.3. The van der Waals surface area contributed by atoms with Gasteiger partial charge in [0.15, 0.2) is 0 Å². The van der Waals surface area contributed by atoms with E-state index in [2.05, 4.69) is 0 Å². The fraction of sp³-hybridized carbons (Fsp3) is 0.875. The number of aliphatic hydroxyl groups is 3. The molecule has 0 aromatic heterocycles. The van der Waals surface area contributed by atoms with Crippen molar-refractivity contribution in [1.82, 2.24) is 4.90 Å². The van der Waals surface area contributed by atoms with Crippen LogP contribution in [0.4, 0.5) is 0 Å². The van der Waals surface area contributed by atoms with Gasteiger partial charge in [-0.15, -0.1) is 0 Å². The summed E-state index contributed by atoms with van der Waals surface area (Å²) in [4.78, 5) is 1.94. The van der Waals surface area contributed by atoms with E-state index < -0.39 is 12.2 Å². The van der Waals surface area contributed by atoms with Crippen LogP contribution in [0.15, 0.2) is 0 Å². The summed E-state index contributed by atoms with van der Waals surface area (Å²) in [6, 6.07) is -0.311. The van der Waals surface area contributed by atoms with E-state index in [9.17, 15) is 15.3 Å². The fourth-order valence-electron chi connectivity index (χ4n) is 2.15. The lowest BCUT2D eigenvalue weighted by atomic mass is 9.97. The molecular formula is C8H14ClNO3. The molecule has 2 heterocycles. The van der Waals surface area contributed by atoms with Gasteiger partial charge in [0.2, 0.25) is 12.1 Å². The molecule has 2 saturated heterocycles. The van der Waals surface area contributed by atoms with E-state index >= 15 is 0 Å². The molecule has 3 N–H and O–H groups in total. The van der Waals surface area contributed by atoms with E-state index in [1.165, 1.54) is 0 Å². The van der Waals surface area contributed by atoms with Gasteiger partial charge < -0.3 is 22.6 Å². The molecule has 5 heteroatoms. The van der Waals surface area contributed by atoms with Crippen LogP contribution >= 0.6 is 0 Å². The number of rotatable bonds is 0. The monoisotopic (exact) mass is 207 g/mol. The molecule has 0 aromatic rings. The van der Waals surface area contributed by atoms with Crippen molar-refractivity contribution in [3.63, 3.8) is 0 Å². The van der Waals surface area contributed by atoms with Gasteiger partial charge in [-0.3, -0.25) is 4.90 Å². The number of aliphatic hydroxyl groups excluding tert-OH is 3. The number of fused-ring (bicyclic) bond motifs is 1. The summed E-state index contributed by atoms with van der Waals surface area (Å²) < 4.78 is 0. The van der Waals surface area contributed by atoms with Gasteiger partial charge in [0.05, 0.1) is 6.54 Å². The molecule has 2 fully saturated rings. The molecule has 4 nitrogen and oxygen atoms in total. The highest BCUT2D eigenvalue weighted by atomic mass is 35.5. The standard InChI is InChI=1S/C8H14NO3.ClH/c10-5-2-1-3-9-4-6(11)8(12)7(5)9;/h5-7,10-12H,1-4H2;1H/q+1;/p-1/t5-,6-,7+;/m1./s1. The van der Waals surface area contributed by atoms with Crippen LogP contribution in [0.1, 0.15) is 12.8 Å². The minimum absolute atomic E-state index is 0. The summed E-state index contributed by atoms with van der Waals surface area (Å²) >= 11 is 0. The fourth-order valence-corrected chi connectivity index (χ4v) is 2.15. The van der Waals surface area contributed by atoms with E-state index in [4.69, 9.17) is 0 Å². The van der Waals surface area contributed by atoms with Crippen LogP contribution < -0.4 is 12.4 Å². The van der Waals surface area contributed by atoms with Crippen LogP contribution in [0.3, 0.4) is 0 Å². The zero-order valence-corrected chi connectivity index (χ0v) is 7.98. The highest BCUT2D eigenvalue weighted by Gasteiger charge is 2.55. The van der Waals surface area contributed by atoms with Crippen molar-refractivity contribution in [3.05, 3.63) is 6.10 Å². The molecule has 0 aromatic carbocycles. The van der Waals surface area contributed by atoms with Crippen molar-refractivity contribution in [2.24, 2.45) is 0 Å². The Labute approximate surface area is 83.6 Å². The second kappa shape index (κ2) is 4.02. The normalized spacial score (nSPS) is 39.9. The average Bonchev–Trinajstić information content (AvgIpc) is 2.29. The third-order valence-electron chi connectivity index (χ3n) is 2.75. The molecular weight excluding hydrogens is 194 g/mol. The maximum absolute atomic E-state index is 9.53. The SMILES string of the molecule is O[C+]1[C@H](O)CN2CCC[C@@H](O)[C@@H]12.[Cl-]. The lowest BCUT2D eigenvalue weighted by molar-refractivity contribution is -0.0000198. The average molecular weight is 208 g/mol. The molecule has 3 atom stereocenters. The lowest BCUT2D eigenvalue weighted by Gasteiger charge is -2.28. The van der Waals surface area contributed by atoms with Crippen molar-refractivity contribution < 1.29 is 27.7 Å². The Morgan fingerprint density at radius 2 is 2.00 bits per heavy atom. The van der Waals surface area contributed by atoms with E-state index in [-0.39, 0.29) is 24.6 Å². The van der Waals surface area contributed by atoms with Crippen molar-refractivity contribution in [3.8, 4) is 0 Å². The first-order chi connectivity index (χ1) is 5.70. The van der Waals surface area contributed by atoms with E-state index in [0.717, 1.165) is 19.4 Å². The van der Waals surface area contributed by atoms with Crippen LogP contribution in [0.5, 0.6) is 0 Å². The molecule has 2 rings (SSSR count). The maximum atomic E-state index is 9.53. The largest absolute Gasteiger partial charge is 1.00 e. The highest BCUT2D eigenvalue weighted by molar-refractivity contribution is 5.10. The minimum atomic E-state index is -0.761. The third kappa shape index (κ3) is 1.78. The van der Waals surface area contributed by atoms with Crippen molar-refractivity contribution >= 4 is 0 Å². The van der Waals surface area contributed by atoms with E-state index in [1.54, 1.807) is 0 Å². The molecule has 0 unspecified atom stereocenters. The summed E-state index contributed by atoms with van der Waals surface area (Å²) in [5.41, 5.74) is 0. The van der Waals surface area contributed by atoms with Gasteiger partial charge in [-0.25, -0.2) is 5.11 Å². The molecule has 76 valence electrons. The Balaban J connectivity index is 0.000000845. The Morgan fingerprint density at radius 1 is 1.31 bits per heavy atom. The van der Waals surface area contributed by atoms with Gasteiger partial charge >= 0.3 is 0 Å². The quantitative estimate of drug-likeness (QED) is 0.356. The second-order valence-electron chi connectivity index (χ2n) is 3.59. The van der Waals surface area contributed by atoms with Crippen LogP contribution in [-0.2, 0) is 0 Å². The van der Waals surface area contributed by atoms with Gasteiger partial charge in [-0.1, -0.05) is 0 Å². The van der Waals surface area contributed by atoms with Crippen LogP contribution in [0.25, 0.3) is 0 Å². The first-order valence-corrected chi connectivity index (χ1v) is 4.36. The first-order valence-electron chi connectivity index (χ1n) is 4.36. The molecule has 0 spiro atoms. The molecule has 2 aliphatic rings. The van der Waals surface area contributed by atoms with Gasteiger partial charge in [0.25, 0.3) is 6.10 Å². The summed E-state index contributed by atoms with van der Waals surface area (Å²) in [6.07, 6.45) is 0.441. The molecule has 0 radical (unpaired) electrons. The van der Waals surface area contributed by atoms with E-state index in [0.29, 0.717) is 6.54 Å². The Hall–Kier alpha value is 0. The van der Waals surface area contributed by atoms with Crippen molar-refractivity contribution in [2.45, 2.75) is 31.1 Å². The Bertz CT molecular complexity index is 181. The predicted molar refractivity (Wildman–Crippen MR) is 41.8 cm³/mol. The molecule has 0 bridgehead atoms. The zero-order valence-electron chi connectivity index (χ0n) is 7.23. The third-order valence-corrected chi connectivity index (χ3v) is 2.75. The number of hydrogen-bond acceptors (Lipinski definition) is 4. The molecule has 0 aliphatic carbocycles. The number of halogens is 1. The topological polar surface area (TPSA) is 63.9 Å². The first kappa shape index (κ1) is 11.1. The zero-order chi connectivity index (χ0) is 8.72. The Kier molecular flexibility index (Phi) is 3.43. The van der Waals surface area contributed by atoms with Gasteiger partial charge in [0, 0.05) is 6.54 Å². The van der Waals surface area contributed by atoms with Crippen LogP contribution in [0, 0.1) is 6.10 Å². The smallest absolute Gasteiger partial charge is 0.290 e. The van der Waals surface area contributed by atoms with Crippen molar-refractivity contribution in [2.75, 3.05) is 13.1 Å². The second-order valence-corrected chi connectivity index (χ2v) is 3.59. The summed E-state index contributed by atoms with van der Waals surface area (Å²) in [6.45, 7) is 1.33. The van der Waals surface area contributed by atoms with Gasteiger partial charge in [-0.2, -0.15) is 0 Å². The number of piperidine rings is 1. The van der Waals surface area contributed by atoms with Gasteiger partial charge in [-0.05, 0) is 12.8 Å². The Morgan fingerprint density at radius 3 is 2.62 bits per heavy atom.